The summed E-state index contributed by atoms with van der Waals surface area (Å²) in [6, 6.07) is 21.4. The standard InChI is InChI=1S/C26H19BrFNO3/c1-15-20(16-6-4-3-5-7-16)12-17-8-10-19(27)14-21(17)24(15)25(30)29-23-11-9-18(13-22(23)28)26(31)32-2/h3-14H,1-2H3,(H,29,30). The molecular weight excluding hydrogens is 473 g/mol. The lowest BCUT2D eigenvalue weighted by atomic mass is 9.91. The Kier molecular flexibility index (Phi) is 6.06. The summed E-state index contributed by atoms with van der Waals surface area (Å²) in [5.74, 6) is -1.80. The lowest BCUT2D eigenvalue weighted by Crippen LogP contribution is -2.16. The molecule has 0 aliphatic heterocycles. The van der Waals surface area contributed by atoms with Gasteiger partial charge < -0.3 is 10.1 Å². The van der Waals surface area contributed by atoms with E-state index in [2.05, 4.69) is 32.0 Å². The Labute approximate surface area is 193 Å². The van der Waals surface area contributed by atoms with Gasteiger partial charge in [0.15, 0.2) is 0 Å². The average Bonchev–Trinajstić information content (AvgIpc) is 2.80. The lowest BCUT2D eigenvalue weighted by Gasteiger charge is -2.16. The number of methoxy groups -OCH3 is 1. The van der Waals surface area contributed by atoms with Crippen molar-refractivity contribution in [2.45, 2.75) is 6.92 Å². The molecule has 0 unspecified atom stereocenters. The molecule has 1 N–H and O–H groups in total. The van der Waals surface area contributed by atoms with Gasteiger partial charge in [-0.15, -0.1) is 0 Å². The molecule has 1 amide bonds. The highest BCUT2D eigenvalue weighted by atomic mass is 79.9. The number of fused-ring (bicyclic) bond motifs is 1. The quantitative estimate of drug-likeness (QED) is 0.321. The van der Waals surface area contributed by atoms with Crippen molar-refractivity contribution in [3.63, 3.8) is 0 Å². The van der Waals surface area contributed by atoms with Gasteiger partial charge in [-0.3, -0.25) is 4.79 Å². The number of hydrogen-bond donors (Lipinski definition) is 1. The van der Waals surface area contributed by atoms with E-state index in [4.69, 9.17) is 0 Å². The zero-order valence-electron chi connectivity index (χ0n) is 17.4. The molecule has 0 fully saturated rings. The minimum atomic E-state index is -0.719. The average molecular weight is 492 g/mol. The summed E-state index contributed by atoms with van der Waals surface area (Å²) in [5, 5.41) is 4.30. The van der Waals surface area contributed by atoms with E-state index in [0.717, 1.165) is 38.0 Å². The molecule has 0 saturated carbocycles. The fourth-order valence-electron chi connectivity index (χ4n) is 3.73. The molecule has 0 atom stereocenters. The van der Waals surface area contributed by atoms with Gasteiger partial charge in [-0.05, 0) is 70.8 Å². The van der Waals surface area contributed by atoms with Crippen LogP contribution >= 0.6 is 15.9 Å². The minimum absolute atomic E-state index is 0.0182. The maximum absolute atomic E-state index is 14.6. The number of rotatable bonds is 4. The summed E-state index contributed by atoms with van der Waals surface area (Å²) >= 11 is 3.47. The molecule has 4 aromatic rings. The molecule has 0 saturated heterocycles. The second-order valence-corrected chi connectivity index (χ2v) is 8.21. The van der Waals surface area contributed by atoms with E-state index < -0.39 is 17.7 Å². The summed E-state index contributed by atoms with van der Waals surface area (Å²) in [5.41, 5.74) is 3.20. The first kappa shape index (κ1) is 21.7. The molecule has 160 valence electrons. The van der Waals surface area contributed by atoms with Crippen molar-refractivity contribution in [1.29, 1.82) is 0 Å². The van der Waals surface area contributed by atoms with Crippen LogP contribution in [0.25, 0.3) is 21.9 Å². The molecule has 4 aromatic carbocycles. The maximum atomic E-state index is 14.6. The van der Waals surface area contributed by atoms with Crippen LogP contribution in [0.3, 0.4) is 0 Å². The number of halogens is 2. The number of esters is 1. The smallest absolute Gasteiger partial charge is 0.337 e. The molecule has 0 aromatic heterocycles. The van der Waals surface area contributed by atoms with Crippen LogP contribution in [0.2, 0.25) is 0 Å². The summed E-state index contributed by atoms with van der Waals surface area (Å²) in [6.45, 7) is 1.88. The second-order valence-electron chi connectivity index (χ2n) is 7.30. The van der Waals surface area contributed by atoms with E-state index in [-0.39, 0.29) is 11.3 Å². The first-order valence-electron chi connectivity index (χ1n) is 9.86. The SMILES string of the molecule is COC(=O)c1ccc(NC(=O)c2c(C)c(-c3ccccc3)cc3ccc(Br)cc23)c(F)c1. The number of nitrogens with one attached hydrogen (secondary N) is 1. The molecule has 6 heteroatoms. The third-order valence-electron chi connectivity index (χ3n) is 5.31. The van der Waals surface area contributed by atoms with Gasteiger partial charge >= 0.3 is 5.97 Å². The predicted molar refractivity (Wildman–Crippen MR) is 128 cm³/mol. The molecule has 0 bridgehead atoms. The van der Waals surface area contributed by atoms with Gasteiger partial charge in [-0.25, -0.2) is 9.18 Å². The normalized spacial score (nSPS) is 10.8. The van der Waals surface area contributed by atoms with E-state index in [1.165, 1.54) is 19.2 Å². The third-order valence-corrected chi connectivity index (χ3v) is 5.81. The van der Waals surface area contributed by atoms with Crippen LogP contribution < -0.4 is 5.32 Å². The molecule has 0 heterocycles. The largest absolute Gasteiger partial charge is 0.465 e. The van der Waals surface area contributed by atoms with Crippen molar-refractivity contribution < 1.29 is 18.7 Å². The molecule has 0 spiro atoms. The van der Waals surface area contributed by atoms with Crippen molar-refractivity contribution in [3.8, 4) is 11.1 Å². The zero-order chi connectivity index (χ0) is 22.8. The predicted octanol–water partition coefficient (Wildman–Crippen LogP) is 6.76. The monoisotopic (exact) mass is 491 g/mol. The van der Waals surface area contributed by atoms with E-state index >= 15 is 0 Å². The number of anilines is 1. The van der Waals surface area contributed by atoms with E-state index in [0.29, 0.717) is 5.56 Å². The van der Waals surface area contributed by atoms with Gasteiger partial charge in [0.25, 0.3) is 5.91 Å². The molecule has 0 aliphatic carbocycles. The summed E-state index contributed by atoms with van der Waals surface area (Å²) in [6.07, 6.45) is 0. The second kappa shape index (κ2) is 8.93. The van der Waals surface area contributed by atoms with Gasteiger partial charge in [-0.2, -0.15) is 0 Å². The minimum Gasteiger partial charge on any atom is -0.465 e. The van der Waals surface area contributed by atoms with Crippen LogP contribution in [0.4, 0.5) is 10.1 Å². The Morgan fingerprint density at radius 1 is 0.969 bits per heavy atom. The first-order chi connectivity index (χ1) is 15.4. The Morgan fingerprint density at radius 2 is 1.72 bits per heavy atom. The highest BCUT2D eigenvalue weighted by Crippen LogP contribution is 2.34. The fraction of sp³-hybridized carbons (Fsp3) is 0.0769. The van der Waals surface area contributed by atoms with Gasteiger partial charge in [-0.1, -0.05) is 52.3 Å². The van der Waals surface area contributed by atoms with Gasteiger partial charge in [0.05, 0.1) is 23.9 Å². The van der Waals surface area contributed by atoms with E-state index in [1.54, 1.807) is 0 Å². The van der Waals surface area contributed by atoms with Crippen LogP contribution in [0, 0.1) is 12.7 Å². The molecule has 4 nitrogen and oxygen atoms in total. The summed E-state index contributed by atoms with van der Waals surface area (Å²) < 4.78 is 20.1. The summed E-state index contributed by atoms with van der Waals surface area (Å²) in [7, 11) is 1.22. The lowest BCUT2D eigenvalue weighted by molar-refractivity contribution is 0.0600. The fourth-order valence-corrected chi connectivity index (χ4v) is 4.09. The van der Waals surface area contributed by atoms with Crippen molar-refractivity contribution in [1.82, 2.24) is 0 Å². The molecule has 4 rings (SSSR count). The maximum Gasteiger partial charge on any atom is 0.337 e. The zero-order valence-corrected chi connectivity index (χ0v) is 19.0. The Bertz CT molecular complexity index is 1350. The van der Waals surface area contributed by atoms with E-state index in [9.17, 15) is 14.0 Å². The van der Waals surface area contributed by atoms with Gasteiger partial charge in [0, 0.05) is 4.47 Å². The first-order valence-corrected chi connectivity index (χ1v) is 10.7. The number of ether oxygens (including phenoxy) is 1. The Balaban J connectivity index is 1.82. The van der Waals surface area contributed by atoms with Crippen molar-refractivity contribution >= 4 is 44.3 Å². The van der Waals surface area contributed by atoms with Crippen molar-refractivity contribution in [3.05, 3.63) is 99.8 Å². The van der Waals surface area contributed by atoms with Gasteiger partial charge in [0.1, 0.15) is 5.82 Å². The number of carbonyl (C=O) groups is 2. The van der Waals surface area contributed by atoms with Crippen LogP contribution in [0.5, 0.6) is 0 Å². The Morgan fingerprint density at radius 3 is 2.41 bits per heavy atom. The topological polar surface area (TPSA) is 55.4 Å². The van der Waals surface area contributed by atoms with Crippen LogP contribution in [-0.4, -0.2) is 19.0 Å². The highest BCUT2D eigenvalue weighted by molar-refractivity contribution is 9.10. The molecule has 32 heavy (non-hydrogen) atoms. The third kappa shape index (κ3) is 4.14. The number of carbonyl (C=O) groups excluding carboxylic acids is 2. The molecule has 0 aliphatic rings. The van der Waals surface area contributed by atoms with Crippen LogP contribution in [0.1, 0.15) is 26.3 Å². The number of hydrogen-bond acceptors (Lipinski definition) is 3. The number of amides is 1. The number of benzene rings is 4. The van der Waals surface area contributed by atoms with Gasteiger partial charge in [0.2, 0.25) is 0 Å². The summed E-state index contributed by atoms with van der Waals surface area (Å²) in [4.78, 5) is 25.0. The van der Waals surface area contributed by atoms with Crippen molar-refractivity contribution in [2.75, 3.05) is 12.4 Å². The molecular formula is C26H19BrFNO3. The highest BCUT2D eigenvalue weighted by Gasteiger charge is 2.20. The van der Waals surface area contributed by atoms with Crippen LogP contribution in [-0.2, 0) is 4.74 Å². The van der Waals surface area contributed by atoms with E-state index in [1.807, 2.05) is 55.5 Å². The molecule has 0 radical (unpaired) electrons. The van der Waals surface area contributed by atoms with Crippen LogP contribution in [0.15, 0.2) is 77.3 Å². The Hall–Kier alpha value is -3.51. The van der Waals surface area contributed by atoms with Crippen molar-refractivity contribution in [2.24, 2.45) is 0 Å².